The first kappa shape index (κ1) is 25.3. The van der Waals surface area contributed by atoms with E-state index in [-0.39, 0.29) is 11.6 Å². The number of halogens is 2. The second-order valence-corrected chi connectivity index (χ2v) is 9.33. The van der Waals surface area contributed by atoms with Crippen molar-refractivity contribution in [2.75, 3.05) is 13.2 Å². The van der Waals surface area contributed by atoms with Gasteiger partial charge in [0.15, 0.2) is 5.54 Å². The number of esters is 2. The lowest BCUT2D eigenvalue weighted by Crippen LogP contribution is -2.57. The Morgan fingerprint density at radius 1 is 1.32 bits per heavy atom. The molecule has 0 fully saturated rings. The number of rotatable bonds is 8. The standard InChI is InChI=1S/C21H24Cl2N2O5S/c1-5-9-29-17(27)12(10-26)21(24,19(28)30-20(2,3)4)18-25-15(11-31-18)16-13(22)7-6-8-14(16)23/h5-8,11-12,26H,1,9-10,24H2,2-4H3. The van der Waals surface area contributed by atoms with Gasteiger partial charge in [-0.15, -0.1) is 11.3 Å². The highest BCUT2D eigenvalue weighted by Gasteiger charge is 2.53. The number of nitrogens with zero attached hydrogens (tertiary/aromatic N) is 1. The maximum Gasteiger partial charge on any atom is 0.334 e. The Labute approximate surface area is 194 Å². The Hall–Kier alpha value is -1.97. The molecule has 2 unspecified atom stereocenters. The Morgan fingerprint density at radius 2 is 1.94 bits per heavy atom. The van der Waals surface area contributed by atoms with Gasteiger partial charge in [-0.1, -0.05) is 41.9 Å². The average Bonchev–Trinajstić information content (AvgIpc) is 3.15. The molecule has 31 heavy (non-hydrogen) atoms. The zero-order valence-electron chi connectivity index (χ0n) is 17.4. The Bertz CT molecular complexity index is 953. The Morgan fingerprint density at radius 3 is 2.45 bits per heavy atom. The van der Waals surface area contributed by atoms with Crippen molar-refractivity contribution >= 4 is 46.5 Å². The van der Waals surface area contributed by atoms with Crippen LogP contribution in [0.4, 0.5) is 0 Å². The molecule has 0 amide bonds. The lowest BCUT2D eigenvalue weighted by atomic mass is 9.85. The highest BCUT2D eigenvalue weighted by molar-refractivity contribution is 7.10. The van der Waals surface area contributed by atoms with E-state index in [0.29, 0.717) is 21.3 Å². The van der Waals surface area contributed by atoms with Crippen LogP contribution in [-0.2, 0) is 24.6 Å². The summed E-state index contributed by atoms with van der Waals surface area (Å²) in [5, 5.41) is 12.3. The minimum absolute atomic E-state index is 0.0438. The van der Waals surface area contributed by atoms with E-state index in [1.165, 1.54) is 6.08 Å². The molecule has 1 heterocycles. The highest BCUT2D eigenvalue weighted by Crippen LogP contribution is 2.39. The van der Waals surface area contributed by atoms with E-state index in [1.54, 1.807) is 44.4 Å². The molecule has 0 aliphatic heterocycles. The van der Waals surface area contributed by atoms with Crippen LogP contribution >= 0.6 is 34.5 Å². The molecular weight excluding hydrogens is 463 g/mol. The summed E-state index contributed by atoms with van der Waals surface area (Å²) in [7, 11) is 0. The fraction of sp³-hybridized carbons (Fsp3) is 0.381. The van der Waals surface area contributed by atoms with Gasteiger partial charge in [-0.05, 0) is 32.9 Å². The Balaban J connectivity index is 2.60. The first-order valence-electron chi connectivity index (χ1n) is 9.26. The van der Waals surface area contributed by atoms with Gasteiger partial charge in [0, 0.05) is 10.9 Å². The molecule has 0 bridgehead atoms. The van der Waals surface area contributed by atoms with Gasteiger partial charge >= 0.3 is 11.9 Å². The van der Waals surface area contributed by atoms with Crippen LogP contribution in [0.25, 0.3) is 11.3 Å². The number of hydrogen-bond acceptors (Lipinski definition) is 8. The molecule has 0 saturated carbocycles. The molecule has 2 atom stereocenters. The van der Waals surface area contributed by atoms with E-state index in [2.05, 4.69) is 11.6 Å². The summed E-state index contributed by atoms with van der Waals surface area (Å²) in [4.78, 5) is 30.2. The lowest BCUT2D eigenvalue weighted by molar-refractivity contribution is -0.172. The third-order valence-corrected chi connectivity index (χ3v) is 5.80. The minimum atomic E-state index is -2.11. The number of ether oxygens (including phenoxy) is 2. The first-order valence-corrected chi connectivity index (χ1v) is 10.9. The van der Waals surface area contributed by atoms with Crippen molar-refractivity contribution in [1.82, 2.24) is 4.98 Å². The summed E-state index contributed by atoms with van der Waals surface area (Å²) in [5.41, 5.74) is 4.29. The van der Waals surface area contributed by atoms with E-state index >= 15 is 0 Å². The molecule has 2 rings (SSSR count). The quantitative estimate of drug-likeness (QED) is 0.428. The summed E-state index contributed by atoms with van der Waals surface area (Å²) < 4.78 is 10.5. The van der Waals surface area contributed by atoms with Crippen LogP contribution in [0, 0.1) is 5.92 Å². The highest BCUT2D eigenvalue weighted by atomic mass is 35.5. The fourth-order valence-electron chi connectivity index (χ4n) is 2.71. The molecular formula is C21H24Cl2N2O5S. The van der Waals surface area contributed by atoms with Gasteiger partial charge in [-0.2, -0.15) is 0 Å². The predicted octanol–water partition coefficient (Wildman–Crippen LogP) is 3.95. The van der Waals surface area contributed by atoms with Gasteiger partial charge < -0.3 is 20.3 Å². The molecule has 1 aromatic carbocycles. The molecule has 168 valence electrons. The summed E-state index contributed by atoms with van der Waals surface area (Å²) in [6.45, 7) is 7.57. The van der Waals surface area contributed by atoms with Crippen molar-refractivity contribution < 1.29 is 24.2 Å². The molecule has 0 spiro atoms. The molecule has 2 aromatic rings. The summed E-state index contributed by atoms with van der Waals surface area (Å²) >= 11 is 13.6. The SMILES string of the molecule is C=CCOC(=O)C(CO)C(N)(C(=O)OC(C)(C)C)c1nc(-c2c(Cl)cccc2Cl)cs1. The predicted molar refractivity (Wildman–Crippen MR) is 121 cm³/mol. The van der Waals surface area contributed by atoms with Crippen molar-refractivity contribution in [2.24, 2.45) is 11.7 Å². The molecule has 0 saturated heterocycles. The van der Waals surface area contributed by atoms with Gasteiger partial charge in [0.25, 0.3) is 0 Å². The van der Waals surface area contributed by atoms with Crippen LogP contribution in [0.1, 0.15) is 25.8 Å². The van der Waals surface area contributed by atoms with Crippen molar-refractivity contribution in [2.45, 2.75) is 31.9 Å². The minimum Gasteiger partial charge on any atom is -0.461 e. The van der Waals surface area contributed by atoms with Crippen LogP contribution in [0.2, 0.25) is 10.0 Å². The van der Waals surface area contributed by atoms with Gasteiger partial charge in [0.05, 0.1) is 22.3 Å². The summed E-state index contributed by atoms with van der Waals surface area (Å²) in [6.07, 6.45) is 1.36. The van der Waals surface area contributed by atoms with Gasteiger partial charge in [0.2, 0.25) is 0 Å². The third kappa shape index (κ3) is 5.64. The van der Waals surface area contributed by atoms with Crippen LogP contribution in [0.15, 0.2) is 36.2 Å². The van der Waals surface area contributed by atoms with Crippen LogP contribution in [0.5, 0.6) is 0 Å². The number of hydrogen-bond donors (Lipinski definition) is 2. The number of aromatic nitrogens is 1. The number of aliphatic hydroxyl groups excluding tert-OH is 1. The van der Waals surface area contributed by atoms with Gasteiger partial charge in [0.1, 0.15) is 23.1 Å². The zero-order valence-corrected chi connectivity index (χ0v) is 19.7. The molecule has 3 N–H and O–H groups in total. The average molecular weight is 487 g/mol. The summed E-state index contributed by atoms with van der Waals surface area (Å²) in [6, 6.07) is 4.98. The number of thiazole rings is 1. The van der Waals surface area contributed by atoms with E-state index in [9.17, 15) is 14.7 Å². The topological polar surface area (TPSA) is 112 Å². The third-order valence-electron chi connectivity index (χ3n) is 4.17. The van der Waals surface area contributed by atoms with E-state index < -0.39 is 35.6 Å². The second-order valence-electron chi connectivity index (χ2n) is 7.66. The lowest BCUT2D eigenvalue weighted by Gasteiger charge is -2.33. The van der Waals surface area contributed by atoms with Gasteiger partial charge in [-0.25, -0.2) is 9.78 Å². The van der Waals surface area contributed by atoms with Crippen LogP contribution < -0.4 is 5.73 Å². The van der Waals surface area contributed by atoms with E-state index in [4.69, 9.17) is 38.4 Å². The van der Waals surface area contributed by atoms with Crippen molar-refractivity contribution in [1.29, 1.82) is 0 Å². The summed E-state index contributed by atoms with van der Waals surface area (Å²) in [5.74, 6) is -3.29. The number of carbonyl (C=O) groups excluding carboxylic acids is 2. The molecule has 7 nitrogen and oxygen atoms in total. The van der Waals surface area contributed by atoms with Crippen molar-refractivity contribution in [3.8, 4) is 11.3 Å². The molecule has 1 aromatic heterocycles. The molecule has 10 heteroatoms. The first-order chi connectivity index (χ1) is 14.5. The molecule has 0 aliphatic rings. The van der Waals surface area contributed by atoms with Crippen molar-refractivity contribution in [3.05, 3.63) is 51.3 Å². The van der Waals surface area contributed by atoms with Crippen LogP contribution in [-0.4, -0.2) is 40.8 Å². The smallest absolute Gasteiger partial charge is 0.334 e. The van der Waals surface area contributed by atoms with Crippen LogP contribution in [0.3, 0.4) is 0 Å². The largest absolute Gasteiger partial charge is 0.461 e. The number of nitrogens with two attached hydrogens (primary N) is 1. The number of carbonyl (C=O) groups is 2. The van der Waals surface area contributed by atoms with E-state index in [1.807, 2.05) is 0 Å². The van der Waals surface area contributed by atoms with Gasteiger partial charge in [-0.3, -0.25) is 4.79 Å². The molecule has 0 radical (unpaired) electrons. The maximum absolute atomic E-state index is 13.2. The normalized spacial score (nSPS) is 14.4. The maximum atomic E-state index is 13.2. The monoisotopic (exact) mass is 486 g/mol. The number of aliphatic hydroxyl groups is 1. The van der Waals surface area contributed by atoms with E-state index in [0.717, 1.165) is 11.3 Å². The second kappa shape index (κ2) is 10.1. The van der Waals surface area contributed by atoms with Crippen molar-refractivity contribution in [3.63, 3.8) is 0 Å². The zero-order chi connectivity index (χ0) is 23.4. The number of benzene rings is 1. The Kier molecular flexibility index (Phi) is 8.24. The molecule has 0 aliphatic carbocycles. The fourth-order valence-corrected chi connectivity index (χ4v) is 4.26.